The van der Waals surface area contributed by atoms with Crippen molar-refractivity contribution in [2.75, 3.05) is 7.11 Å². The van der Waals surface area contributed by atoms with Gasteiger partial charge in [0.2, 0.25) is 0 Å². The van der Waals surface area contributed by atoms with E-state index in [1.54, 1.807) is 0 Å². The van der Waals surface area contributed by atoms with Gasteiger partial charge in [0, 0.05) is 16.1 Å². The molecule has 0 aliphatic carbocycles. The number of benzene rings is 2. The third kappa shape index (κ3) is 2.84. The summed E-state index contributed by atoms with van der Waals surface area (Å²) in [6, 6.07) is 6.47. The smallest absolute Gasteiger partial charge is 0.171 e. The molecule has 1 unspecified atom stereocenters. The van der Waals surface area contributed by atoms with Gasteiger partial charge in [-0.3, -0.25) is 0 Å². The molecule has 2 aromatic carbocycles. The molecule has 21 heavy (non-hydrogen) atoms. The second kappa shape index (κ2) is 5.79. The van der Waals surface area contributed by atoms with Gasteiger partial charge in [0.05, 0.1) is 12.1 Å². The molecule has 0 aliphatic rings. The van der Waals surface area contributed by atoms with E-state index in [1.165, 1.54) is 38.3 Å². The summed E-state index contributed by atoms with van der Waals surface area (Å²) in [5.74, 6) is -1.52. The average Bonchev–Trinajstić information content (AvgIpc) is 2.42. The summed E-state index contributed by atoms with van der Waals surface area (Å²) in [6.07, 6.45) is 0. The fraction of sp³-hybridized carbons (Fsp3) is 0.200. The minimum absolute atomic E-state index is 0.0122. The number of rotatable bonds is 3. The molecule has 0 aromatic heterocycles. The number of halogens is 4. The maximum atomic E-state index is 14.3. The van der Waals surface area contributed by atoms with E-state index in [0.29, 0.717) is 0 Å². The first-order chi connectivity index (χ1) is 9.78. The summed E-state index contributed by atoms with van der Waals surface area (Å²) in [4.78, 5) is 0. The predicted molar refractivity (Wildman–Crippen MR) is 78.0 cm³/mol. The molecule has 0 fully saturated rings. The first-order valence-electron chi connectivity index (χ1n) is 5.99. The zero-order valence-corrected chi connectivity index (χ0v) is 12.8. The second-order valence-corrected chi connectivity index (χ2v) is 5.45. The Kier molecular flexibility index (Phi) is 4.42. The minimum Gasteiger partial charge on any atom is -0.494 e. The van der Waals surface area contributed by atoms with Gasteiger partial charge in [-0.25, -0.2) is 8.78 Å². The Labute approximate surface area is 130 Å². The lowest BCUT2D eigenvalue weighted by atomic mass is 9.87. The van der Waals surface area contributed by atoms with Gasteiger partial charge >= 0.3 is 0 Å². The highest BCUT2D eigenvalue weighted by Crippen LogP contribution is 2.39. The van der Waals surface area contributed by atoms with Crippen LogP contribution in [-0.4, -0.2) is 12.2 Å². The number of aliphatic hydroxyl groups is 1. The van der Waals surface area contributed by atoms with E-state index in [0.717, 1.165) is 6.07 Å². The average molecular weight is 333 g/mol. The molecule has 2 aromatic rings. The third-order valence-electron chi connectivity index (χ3n) is 3.24. The quantitative estimate of drug-likeness (QED) is 0.836. The van der Waals surface area contributed by atoms with Gasteiger partial charge in [-0.15, -0.1) is 0 Å². The zero-order chi connectivity index (χ0) is 15.8. The number of hydrogen-bond donors (Lipinski definition) is 1. The molecule has 0 aliphatic heterocycles. The van der Waals surface area contributed by atoms with E-state index in [1.807, 2.05) is 0 Å². The molecule has 0 bridgehead atoms. The number of methoxy groups -OCH3 is 1. The van der Waals surface area contributed by atoms with Gasteiger partial charge < -0.3 is 9.84 Å². The van der Waals surface area contributed by atoms with Crippen LogP contribution in [0.1, 0.15) is 18.1 Å². The van der Waals surface area contributed by atoms with E-state index in [-0.39, 0.29) is 26.9 Å². The SMILES string of the molecule is COc1cccc(C(C)(O)c2cc(F)c(Cl)cc2Cl)c1F. The summed E-state index contributed by atoms with van der Waals surface area (Å²) >= 11 is 11.6. The first-order valence-corrected chi connectivity index (χ1v) is 6.75. The van der Waals surface area contributed by atoms with Crippen molar-refractivity contribution in [1.29, 1.82) is 0 Å². The minimum atomic E-state index is -1.85. The third-order valence-corrected chi connectivity index (χ3v) is 3.84. The van der Waals surface area contributed by atoms with Crippen molar-refractivity contribution < 1.29 is 18.6 Å². The fourth-order valence-corrected chi connectivity index (χ4v) is 2.65. The van der Waals surface area contributed by atoms with E-state index in [2.05, 4.69) is 0 Å². The molecule has 0 radical (unpaired) electrons. The molecule has 0 heterocycles. The highest BCUT2D eigenvalue weighted by atomic mass is 35.5. The van der Waals surface area contributed by atoms with Crippen molar-refractivity contribution in [3.63, 3.8) is 0 Å². The van der Waals surface area contributed by atoms with Crippen molar-refractivity contribution >= 4 is 23.2 Å². The van der Waals surface area contributed by atoms with Crippen LogP contribution in [0.5, 0.6) is 5.75 Å². The van der Waals surface area contributed by atoms with Crippen LogP contribution in [0.2, 0.25) is 10.0 Å². The Morgan fingerprint density at radius 3 is 2.38 bits per heavy atom. The summed E-state index contributed by atoms with van der Waals surface area (Å²) in [6.45, 7) is 1.32. The van der Waals surface area contributed by atoms with Gasteiger partial charge in [0.25, 0.3) is 0 Å². The van der Waals surface area contributed by atoms with Crippen LogP contribution in [0.3, 0.4) is 0 Å². The lowest BCUT2D eigenvalue weighted by molar-refractivity contribution is 0.0970. The Balaban J connectivity index is 2.65. The fourth-order valence-electron chi connectivity index (χ4n) is 2.09. The van der Waals surface area contributed by atoms with Crippen LogP contribution >= 0.6 is 23.2 Å². The van der Waals surface area contributed by atoms with Gasteiger partial charge in [-0.05, 0) is 25.1 Å². The Hall–Kier alpha value is -1.36. The number of hydrogen-bond acceptors (Lipinski definition) is 2. The van der Waals surface area contributed by atoms with E-state index < -0.39 is 17.2 Å². The lowest BCUT2D eigenvalue weighted by Gasteiger charge is -2.26. The van der Waals surface area contributed by atoms with Crippen molar-refractivity contribution in [2.24, 2.45) is 0 Å². The molecule has 112 valence electrons. The number of ether oxygens (including phenoxy) is 1. The van der Waals surface area contributed by atoms with E-state index in [9.17, 15) is 13.9 Å². The van der Waals surface area contributed by atoms with Crippen LogP contribution in [0, 0.1) is 11.6 Å². The van der Waals surface area contributed by atoms with Crippen LogP contribution < -0.4 is 4.74 Å². The Bertz CT molecular complexity index is 688. The normalized spacial score (nSPS) is 13.9. The van der Waals surface area contributed by atoms with E-state index in [4.69, 9.17) is 27.9 Å². The standard InChI is InChI=1S/C15H12Cl2F2O2/c1-15(20,8-4-3-5-13(21-2)14(8)19)9-6-12(18)11(17)7-10(9)16/h3-7,20H,1-2H3. The Morgan fingerprint density at radius 1 is 1.10 bits per heavy atom. The van der Waals surface area contributed by atoms with Gasteiger partial charge in [-0.1, -0.05) is 35.3 Å². The molecular weight excluding hydrogens is 321 g/mol. The maximum Gasteiger partial charge on any atom is 0.171 e. The largest absolute Gasteiger partial charge is 0.494 e. The molecule has 2 rings (SSSR count). The van der Waals surface area contributed by atoms with Crippen molar-refractivity contribution in [2.45, 2.75) is 12.5 Å². The molecule has 0 saturated heterocycles. The molecule has 6 heteroatoms. The van der Waals surface area contributed by atoms with Crippen LogP contribution in [-0.2, 0) is 5.60 Å². The summed E-state index contributed by atoms with van der Waals surface area (Å²) in [5.41, 5.74) is -1.91. The summed E-state index contributed by atoms with van der Waals surface area (Å²) < 4.78 is 32.8. The molecule has 2 nitrogen and oxygen atoms in total. The van der Waals surface area contributed by atoms with Gasteiger partial charge in [-0.2, -0.15) is 0 Å². The molecule has 0 spiro atoms. The zero-order valence-electron chi connectivity index (χ0n) is 11.3. The van der Waals surface area contributed by atoms with Crippen LogP contribution in [0.15, 0.2) is 30.3 Å². The van der Waals surface area contributed by atoms with Crippen molar-refractivity contribution in [1.82, 2.24) is 0 Å². The van der Waals surface area contributed by atoms with Crippen LogP contribution in [0.4, 0.5) is 8.78 Å². The monoisotopic (exact) mass is 332 g/mol. The molecule has 1 N–H and O–H groups in total. The molecule has 1 atom stereocenters. The first kappa shape index (κ1) is 16.0. The van der Waals surface area contributed by atoms with E-state index >= 15 is 0 Å². The lowest BCUT2D eigenvalue weighted by Crippen LogP contribution is -2.25. The van der Waals surface area contributed by atoms with Crippen LogP contribution in [0.25, 0.3) is 0 Å². The van der Waals surface area contributed by atoms with Gasteiger partial charge in [0.1, 0.15) is 11.4 Å². The topological polar surface area (TPSA) is 29.5 Å². The highest BCUT2D eigenvalue weighted by Gasteiger charge is 2.33. The highest BCUT2D eigenvalue weighted by molar-refractivity contribution is 6.35. The summed E-state index contributed by atoms with van der Waals surface area (Å²) in [5, 5.41) is 10.5. The second-order valence-electron chi connectivity index (χ2n) is 4.64. The maximum absolute atomic E-state index is 14.3. The molecule has 0 saturated carbocycles. The summed E-state index contributed by atoms with van der Waals surface area (Å²) in [7, 11) is 1.31. The predicted octanol–water partition coefficient (Wildman–Crippen LogP) is 4.54. The van der Waals surface area contributed by atoms with Crippen molar-refractivity contribution in [3.05, 3.63) is 63.1 Å². The van der Waals surface area contributed by atoms with Gasteiger partial charge in [0.15, 0.2) is 11.6 Å². The van der Waals surface area contributed by atoms with Crippen molar-refractivity contribution in [3.8, 4) is 5.75 Å². The Morgan fingerprint density at radius 2 is 1.76 bits per heavy atom. The molecule has 0 amide bonds. The molecular formula is C15H12Cl2F2O2.